The molecule has 5 nitrogen and oxygen atoms in total. The Kier molecular flexibility index (Phi) is 5.81. The van der Waals surface area contributed by atoms with E-state index in [0.29, 0.717) is 19.0 Å². The quantitative estimate of drug-likeness (QED) is 0.898. The topological polar surface area (TPSA) is 50.2 Å². The Labute approximate surface area is 146 Å². The molecule has 1 aromatic heterocycles. The molecule has 0 atom stereocenters. The Balaban J connectivity index is 2.19. The van der Waals surface area contributed by atoms with Crippen molar-refractivity contribution in [2.75, 3.05) is 26.7 Å². The average molecular weight is 360 g/mol. The maximum absolute atomic E-state index is 13.6. The van der Waals surface area contributed by atoms with Crippen molar-refractivity contribution in [2.24, 2.45) is 5.92 Å². The van der Waals surface area contributed by atoms with Gasteiger partial charge in [-0.1, -0.05) is 0 Å². The predicted molar refractivity (Wildman–Crippen MR) is 89.4 cm³/mol. The summed E-state index contributed by atoms with van der Waals surface area (Å²) in [6.07, 6.45) is -0.901. The van der Waals surface area contributed by atoms with Gasteiger partial charge in [0.05, 0.1) is 17.3 Å². The maximum atomic E-state index is 13.6. The molecule has 0 saturated carbocycles. The molecule has 0 aliphatic carbocycles. The summed E-state index contributed by atoms with van der Waals surface area (Å²) in [4.78, 5) is 14.2. The van der Waals surface area contributed by atoms with Gasteiger partial charge in [0.25, 0.3) is 5.91 Å². The molecule has 25 heavy (non-hydrogen) atoms. The van der Waals surface area contributed by atoms with Gasteiger partial charge in [0.1, 0.15) is 0 Å². The lowest BCUT2D eigenvalue weighted by atomic mass is 9.93. The second-order valence-electron chi connectivity index (χ2n) is 7.62. The largest absolute Gasteiger partial charge is 0.433 e. The standard InChI is InChI=1S/C17H27F3N4O/c1-16(2,3)24-14(17(18,19)20)13(11-22-24)15(25)23-9-6-12(7-10-23)5-8-21-4/h11-12,21H,5-10H2,1-4H3. The molecular weight excluding hydrogens is 333 g/mol. The fraction of sp³-hybridized carbons (Fsp3) is 0.765. The number of nitrogens with one attached hydrogen (secondary N) is 1. The van der Waals surface area contributed by atoms with Crippen molar-refractivity contribution >= 4 is 5.91 Å². The van der Waals surface area contributed by atoms with E-state index in [4.69, 9.17) is 0 Å². The first-order valence-electron chi connectivity index (χ1n) is 8.65. The molecule has 2 heterocycles. The summed E-state index contributed by atoms with van der Waals surface area (Å²) in [6, 6.07) is 0. The number of piperidine rings is 1. The van der Waals surface area contributed by atoms with Gasteiger partial charge in [0.2, 0.25) is 0 Å². The molecule has 1 N–H and O–H groups in total. The highest BCUT2D eigenvalue weighted by molar-refractivity contribution is 5.95. The van der Waals surface area contributed by atoms with Crippen molar-refractivity contribution in [3.8, 4) is 0 Å². The zero-order valence-electron chi connectivity index (χ0n) is 15.3. The lowest BCUT2D eigenvalue weighted by Gasteiger charge is -2.32. The van der Waals surface area contributed by atoms with Gasteiger partial charge in [-0.2, -0.15) is 18.3 Å². The van der Waals surface area contributed by atoms with E-state index in [2.05, 4.69) is 10.4 Å². The minimum absolute atomic E-state index is 0.351. The van der Waals surface area contributed by atoms with E-state index in [1.54, 1.807) is 20.8 Å². The smallest absolute Gasteiger partial charge is 0.339 e. The minimum Gasteiger partial charge on any atom is -0.339 e. The molecule has 1 saturated heterocycles. The van der Waals surface area contributed by atoms with Gasteiger partial charge >= 0.3 is 6.18 Å². The number of hydrogen-bond acceptors (Lipinski definition) is 3. The maximum Gasteiger partial charge on any atom is 0.433 e. The SMILES string of the molecule is CNCCC1CCN(C(=O)c2cnn(C(C)(C)C)c2C(F)(F)F)CC1. The van der Waals surface area contributed by atoms with Gasteiger partial charge in [0.15, 0.2) is 5.69 Å². The molecule has 1 fully saturated rings. The number of alkyl halides is 3. The van der Waals surface area contributed by atoms with E-state index in [-0.39, 0.29) is 5.56 Å². The van der Waals surface area contributed by atoms with Crippen molar-refractivity contribution in [3.63, 3.8) is 0 Å². The molecule has 142 valence electrons. The van der Waals surface area contributed by atoms with Gasteiger partial charge in [-0.3, -0.25) is 9.48 Å². The van der Waals surface area contributed by atoms with Crippen molar-refractivity contribution in [1.82, 2.24) is 20.0 Å². The molecule has 1 aliphatic rings. The number of nitrogens with zero attached hydrogens (tertiary/aromatic N) is 3. The van der Waals surface area contributed by atoms with Gasteiger partial charge in [0, 0.05) is 13.1 Å². The van der Waals surface area contributed by atoms with Gasteiger partial charge in [-0.05, 0) is 59.5 Å². The summed E-state index contributed by atoms with van der Waals surface area (Å²) in [7, 11) is 1.89. The molecule has 1 aliphatic heterocycles. The van der Waals surface area contributed by atoms with E-state index in [1.807, 2.05) is 7.05 Å². The van der Waals surface area contributed by atoms with E-state index in [9.17, 15) is 18.0 Å². The summed E-state index contributed by atoms with van der Waals surface area (Å²) in [5.74, 6) is -0.0641. The second kappa shape index (κ2) is 7.35. The van der Waals surface area contributed by atoms with Crippen LogP contribution in [0.1, 0.15) is 56.1 Å². The third-order valence-corrected chi connectivity index (χ3v) is 4.61. The first-order valence-corrected chi connectivity index (χ1v) is 8.65. The Hall–Kier alpha value is -1.57. The Morgan fingerprint density at radius 3 is 2.36 bits per heavy atom. The van der Waals surface area contributed by atoms with Crippen LogP contribution in [0.25, 0.3) is 0 Å². The number of carbonyl (C=O) groups is 1. The van der Waals surface area contributed by atoms with Crippen LogP contribution in [-0.2, 0) is 11.7 Å². The van der Waals surface area contributed by atoms with E-state index in [1.165, 1.54) is 4.90 Å². The molecular formula is C17H27F3N4O. The molecule has 1 aromatic rings. The lowest BCUT2D eigenvalue weighted by molar-refractivity contribution is -0.146. The normalized spacial score (nSPS) is 17.2. The fourth-order valence-electron chi connectivity index (χ4n) is 3.23. The van der Waals surface area contributed by atoms with Crippen LogP contribution >= 0.6 is 0 Å². The van der Waals surface area contributed by atoms with Crippen LogP contribution in [0.2, 0.25) is 0 Å². The van der Waals surface area contributed by atoms with E-state index in [0.717, 1.165) is 36.7 Å². The monoisotopic (exact) mass is 360 g/mol. The Morgan fingerprint density at radius 2 is 1.88 bits per heavy atom. The molecule has 0 aromatic carbocycles. The molecule has 0 spiro atoms. The molecule has 2 rings (SSSR count). The number of amides is 1. The highest BCUT2D eigenvalue weighted by atomic mass is 19.4. The Morgan fingerprint density at radius 1 is 1.28 bits per heavy atom. The molecule has 0 bridgehead atoms. The van der Waals surface area contributed by atoms with Gasteiger partial charge in [-0.25, -0.2) is 0 Å². The fourth-order valence-corrected chi connectivity index (χ4v) is 3.23. The van der Waals surface area contributed by atoms with Crippen LogP contribution in [0.5, 0.6) is 0 Å². The van der Waals surface area contributed by atoms with Crippen molar-refractivity contribution in [2.45, 2.75) is 51.7 Å². The third-order valence-electron chi connectivity index (χ3n) is 4.61. The van der Waals surface area contributed by atoms with Crippen molar-refractivity contribution in [3.05, 3.63) is 17.5 Å². The molecule has 8 heteroatoms. The lowest BCUT2D eigenvalue weighted by Crippen LogP contribution is -2.40. The highest BCUT2D eigenvalue weighted by Crippen LogP contribution is 2.35. The number of carbonyl (C=O) groups excluding carboxylic acids is 1. The number of aromatic nitrogens is 2. The van der Waals surface area contributed by atoms with Crippen LogP contribution in [0.4, 0.5) is 13.2 Å². The van der Waals surface area contributed by atoms with E-state index < -0.39 is 23.3 Å². The first-order chi connectivity index (χ1) is 11.6. The zero-order chi connectivity index (χ0) is 18.8. The Bertz CT molecular complexity index is 596. The first kappa shape index (κ1) is 19.8. The summed E-state index contributed by atoms with van der Waals surface area (Å²) in [5.41, 5.74) is -2.16. The average Bonchev–Trinajstić information content (AvgIpc) is 2.98. The van der Waals surface area contributed by atoms with Crippen LogP contribution in [0.3, 0.4) is 0 Å². The second-order valence-corrected chi connectivity index (χ2v) is 7.62. The van der Waals surface area contributed by atoms with Crippen molar-refractivity contribution in [1.29, 1.82) is 0 Å². The van der Waals surface area contributed by atoms with Crippen LogP contribution < -0.4 is 5.32 Å². The number of rotatable bonds is 4. The van der Waals surface area contributed by atoms with Crippen LogP contribution in [0.15, 0.2) is 6.20 Å². The molecule has 1 amide bonds. The summed E-state index contributed by atoms with van der Waals surface area (Å²) < 4.78 is 41.6. The molecule has 0 unspecified atom stereocenters. The summed E-state index contributed by atoms with van der Waals surface area (Å²) in [5, 5.41) is 6.97. The number of hydrogen-bond donors (Lipinski definition) is 1. The minimum atomic E-state index is -4.63. The van der Waals surface area contributed by atoms with Gasteiger partial charge < -0.3 is 10.2 Å². The summed E-state index contributed by atoms with van der Waals surface area (Å²) >= 11 is 0. The highest BCUT2D eigenvalue weighted by Gasteiger charge is 2.43. The summed E-state index contributed by atoms with van der Waals surface area (Å²) in [6.45, 7) is 6.80. The number of halogens is 3. The van der Waals surface area contributed by atoms with Crippen molar-refractivity contribution < 1.29 is 18.0 Å². The molecule has 0 radical (unpaired) electrons. The predicted octanol–water partition coefficient (Wildman–Crippen LogP) is 3.12. The number of likely N-dealkylation sites (tertiary alicyclic amines) is 1. The van der Waals surface area contributed by atoms with E-state index >= 15 is 0 Å². The van der Waals surface area contributed by atoms with Gasteiger partial charge in [-0.15, -0.1) is 0 Å². The van der Waals surface area contributed by atoms with Crippen LogP contribution in [-0.4, -0.2) is 47.3 Å². The van der Waals surface area contributed by atoms with Crippen LogP contribution in [0, 0.1) is 5.92 Å². The third kappa shape index (κ3) is 4.54. The zero-order valence-corrected chi connectivity index (χ0v) is 15.3.